The van der Waals surface area contributed by atoms with Crippen molar-refractivity contribution < 1.29 is 9.53 Å². The lowest BCUT2D eigenvalue weighted by Crippen LogP contribution is -2.35. The number of carbonyl (C=O) groups is 1. The first-order valence-electron chi connectivity index (χ1n) is 8.19. The maximum atomic E-state index is 12.7. The first kappa shape index (κ1) is 14.9. The number of carbonyl (C=O) groups excluding carboxylic acids is 1. The number of ether oxygens (including phenoxy) is 1. The Morgan fingerprint density at radius 3 is 2.91 bits per heavy atom. The minimum Gasteiger partial charge on any atom is -0.381 e. The van der Waals surface area contributed by atoms with Crippen molar-refractivity contribution in [2.45, 2.75) is 25.9 Å². The molecule has 2 aliphatic rings. The van der Waals surface area contributed by atoms with Gasteiger partial charge in [-0.05, 0) is 36.3 Å². The summed E-state index contributed by atoms with van der Waals surface area (Å²) in [6, 6.07) is 3.90. The molecular weight excluding hydrogens is 310 g/mol. The molecule has 1 amide bonds. The van der Waals surface area contributed by atoms with Crippen molar-refractivity contribution in [1.82, 2.24) is 14.7 Å². The van der Waals surface area contributed by atoms with Crippen LogP contribution in [0, 0.1) is 11.8 Å². The molecule has 0 aromatic carbocycles. The lowest BCUT2D eigenvalue weighted by atomic mass is 10.1. The van der Waals surface area contributed by atoms with Gasteiger partial charge in [0.15, 0.2) is 0 Å². The summed E-state index contributed by atoms with van der Waals surface area (Å²) in [6.45, 7) is 3.72. The number of thiophene rings is 1. The quantitative estimate of drug-likeness (QED) is 0.846. The second kappa shape index (κ2) is 6.45. The Morgan fingerprint density at radius 2 is 2.13 bits per heavy atom. The van der Waals surface area contributed by atoms with Crippen LogP contribution in [0.5, 0.6) is 0 Å². The van der Waals surface area contributed by atoms with Crippen molar-refractivity contribution in [2.24, 2.45) is 11.8 Å². The smallest absolute Gasteiger partial charge is 0.255 e. The van der Waals surface area contributed by atoms with E-state index in [1.54, 1.807) is 11.3 Å². The molecule has 0 saturated heterocycles. The third-order valence-corrected chi connectivity index (χ3v) is 5.21. The van der Waals surface area contributed by atoms with Gasteiger partial charge in [0.1, 0.15) is 0 Å². The standard InChI is InChI=1S/C17H21N3O2S/c21-17(15-4-6-23-12-15)19-7-14(11-22-10-13-1-2-13)8-20-16(9-19)3-5-18-20/h3-6,12-14H,1-2,7-11H2. The van der Waals surface area contributed by atoms with Crippen LogP contribution in [-0.4, -0.2) is 40.3 Å². The van der Waals surface area contributed by atoms with Gasteiger partial charge in [-0.2, -0.15) is 16.4 Å². The Bertz CT molecular complexity index is 663. The normalized spacial score (nSPS) is 21.0. The Labute approximate surface area is 139 Å². The van der Waals surface area contributed by atoms with E-state index >= 15 is 0 Å². The van der Waals surface area contributed by atoms with Crippen LogP contribution >= 0.6 is 11.3 Å². The van der Waals surface area contributed by atoms with Crippen LogP contribution in [-0.2, 0) is 17.8 Å². The van der Waals surface area contributed by atoms with Crippen LogP contribution in [0.3, 0.4) is 0 Å². The van der Waals surface area contributed by atoms with Crippen LogP contribution in [0.1, 0.15) is 28.9 Å². The number of hydrogen-bond donors (Lipinski definition) is 0. The van der Waals surface area contributed by atoms with Crippen LogP contribution in [0.25, 0.3) is 0 Å². The SMILES string of the molecule is O=C(c1ccsc1)N1Cc2ccnn2CC(COCC2CC2)C1. The van der Waals surface area contributed by atoms with Crippen LogP contribution in [0.15, 0.2) is 29.1 Å². The Hall–Kier alpha value is -1.66. The molecule has 23 heavy (non-hydrogen) atoms. The van der Waals surface area contributed by atoms with E-state index in [4.69, 9.17) is 4.74 Å². The minimum absolute atomic E-state index is 0.105. The molecule has 1 unspecified atom stereocenters. The van der Waals surface area contributed by atoms with E-state index < -0.39 is 0 Å². The molecule has 1 aliphatic heterocycles. The van der Waals surface area contributed by atoms with Crippen molar-refractivity contribution in [1.29, 1.82) is 0 Å². The van der Waals surface area contributed by atoms with Gasteiger partial charge in [0, 0.05) is 37.2 Å². The molecule has 0 bridgehead atoms. The fraction of sp³-hybridized carbons (Fsp3) is 0.529. The monoisotopic (exact) mass is 331 g/mol. The maximum absolute atomic E-state index is 12.7. The zero-order valence-corrected chi connectivity index (χ0v) is 13.9. The zero-order chi connectivity index (χ0) is 15.6. The first-order valence-corrected chi connectivity index (χ1v) is 9.14. The lowest BCUT2D eigenvalue weighted by molar-refractivity contribution is 0.0568. The molecule has 4 rings (SSSR count). The van der Waals surface area contributed by atoms with Gasteiger partial charge in [-0.1, -0.05) is 0 Å². The fourth-order valence-electron chi connectivity index (χ4n) is 3.05. The van der Waals surface area contributed by atoms with Gasteiger partial charge in [0.25, 0.3) is 5.91 Å². The molecule has 0 radical (unpaired) electrons. The van der Waals surface area contributed by atoms with Crippen LogP contribution in [0.4, 0.5) is 0 Å². The number of hydrogen-bond acceptors (Lipinski definition) is 4. The van der Waals surface area contributed by atoms with Gasteiger partial charge in [-0.25, -0.2) is 0 Å². The molecule has 3 heterocycles. The topological polar surface area (TPSA) is 47.4 Å². The summed E-state index contributed by atoms with van der Waals surface area (Å²) in [4.78, 5) is 14.7. The number of nitrogens with zero attached hydrogens (tertiary/aromatic N) is 3. The average Bonchev–Trinajstić information content (AvgIpc) is 3.07. The second-order valence-corrected chi connectivity index (χ2v) is 7.33. The molecule has 5 nitrogen and oxygen atoms in total. The summed E-state index contributed by atoms with van der Waals surface area (Å²) in [6.07, 6.45) is 4.42. The van der Waals surface area contributed by atoms with Crippen molar-refractivity contribution in [2.75, 3.05) is 19.8 Å². The van der Waals surface area contributed by atoms with E-state index in [0.29, 0.717) is 13.2 Å². The van der Waals surface area contributed by atoms with Crippen molar-refractivity contribution in [3.63, 3.8) is 0 Å². The van der Waals surface area contributed by atoms with Gasteiger partial charge >= 0.3 is 0 Å². The highest BCUT2D eigenvalue weighted by molar-refractivity contribution is 7.08. The Balaban J connectivity index is 1.48. The number of rotatable bonds is 5. The summed E-state index contributed by atoms with van der Waals surface area (Å²) in [7, 11) is 0. The van der Waals surface area contributed by atoms with Crippen LogP contribution < -0.4 is 0 Å². The molecule has 1 fully saturated rings. The molecule has 122 valence electrons. The Kier molecular flexibility index (Phi) is 4.18. The highest BCUT2D eigenvalue weighted by atomic mass is 32.1. The lowest BCUT2D eigenvalue weighted by Gasteiger charge is -2.23. The Morgan fingerprint density at radius 1 is 1.26 bits per heavy atom. The maximum Gasteiger partial charge on any atom is 0.255 e. The predicted octanol–water partition coefficient (Wildman–Crippen LogP) is 2.64. The predicted molar refractivity (Wildman–Crippen MR) is 88.3 cm³/mol. The van der Waals surface area contributed by atoms with E-state index in [0.717, 1.165) is 36.9 Å². The van der Waals surface area contributed by atoms with E-state index in [2.05, 4.69) is 5.10 Å². The first-order chi connectivity index (χ1) is 11.3. The molecule has 0 spiro atoms. The zero-order valence-electron chi connectivity index (χ0n) is 13.1. The summed E-state index contributed by atoms with van der Waals surface area (Å²) in [5.74, 6) is 1.16. The number of fused-ring (bicyclic) bond motifs is 1. The van der Waals surface area contributed by atoms with Gasteiger partial charge in [0.2, 0.25) is 0 Å². The van der Waals surface area contributed by atoms with Gasteiger partial charge in [0.05, 0.1) is 24.4 Å². The molecule has 1 atom stereocenters. The molecule has 1 saturated carbocycles. The van der Waals surface area contributed by atoms with E-state index in [-0.39, 0.29) is 11.8 Å². The van der Waals surface area contributed by atoms with Crippen molar-refractivity contribution in [3.8, 4) is 0 Å². The summed E-state index contributed by atoms with van der Waals surface area (Å²) < 4.78 is 7.91. The summed E-state index contributed by atoms with van der Waals surface area (Å²) >= 11 is 1.56. The fourth-order valence-corrected chi connectivity index (χ4v) is 3.68. The van der Waals surface area contributed by atoms with E-state index in [1.165, 1.54) is 12.8 Å². The highest BCUT2D eigenvalue weighted by Gasteiger charge is 2.27. The van der Waals surface area contributed by atoms with Gasteiger partial charge in [-0.15, -0.1) is 0 Å². The van der Waals surface area contributed by atoms with E-state index in [9.17, 15) is 4.79 Å². The number of aromatic nitrogens is 2. The molecule has 2 aromatic heterocycles. The number of amides is 1. The van der Waals surface area contributed by atoms with Gasteiger partial charge < -0.3 is 9.64 Å². The molecule has 1 aliphatic carbocycles. The van der Waals surface area contributed by atoms with Crippen molar-refractivity contribution in [3.05, 3.63) is 40.3 Å². The molecule has 2 aromatic rings. The van der Waals surface area contributed by atoms with E-state index in [1.807, 2.05) is 38.7 Å². The second-order valence-electron chi connectivity index (χ2n) is 6.55. The van der Waals surface area contributed by atoms with Crippen molar-refractivity contribution >= 4 is 17.2 Å². The minimum atomic E-state index is 0.105. The van der Waals surface area contributed by atoms with Crippen LogP contribution in [0.2, 0.25) is 0 Å². The third-order valence-electron chi connectivity index (χ3n) is 4.53. The highest BCUT2D eigenvalue weighted by Crippen LogP contribution is 2.29. The molecule has 0 N–H and O–H groups in total. The third kappa shape index (κ3) is 3.48. The average molecular weight is 331 g/mol. The van der Waals surface area contributed by atoms with Gasteiger partial charge in [-0.3, -0.25) is 9.48 Å². The summed E-state index contributed by atoms with van der Waals surface area (Å²) in [5.41, 5.74) is 1.87. The molecule has 6 heteroatoms. The molecular formula is C17H21N3O2S. The largest absolute Gasteiger partial charge is 0.381 e. The summed E-state index contributed by atoms with van der Waals surface area (Å²) in [5, 5.41) is 8.27.